The van der Waals surface area contributed by atoms with Crippen LogP contribution in [0.3, 0.4) is 0 Å². The molecule has 2 N–H and O–H groups in total. The molecule has 0 bridgehead atoms. The van der Waals surface area contributed by atoms with Gasteiger partial charge in [-0.3, -0.25) is 4.79 Å². The third-order valence-electron chi connectivity index (χ3n) is 2.59. The molecule has 0 heterocycles. The predicted molar refractivity (Wildman–Crippen MR) is 67.8 cm³/mol. The van der Waals surface area contributed by atoms with E-state index >= 15 is 0 Å². The van der Waals surface area contributed by atoms with E-state index in [4.69, 9.17) is 5.73 Å². The van der Waals surface area contributed by atoms with Gasteiger partial charge in [-0.2, -0.15) is 13.2 Å². The van der Waals surface area contributed by atoms with Crippen LogP contribution in [0.2, 0.25) is 0 Å². The molecule has 0 spiro atoms. The highest BCUT2D eigenvalue weighted by Gasteiger charge is 2.33. The molecule has 0 aromatic heterocycles. The highest BCUT2D eigenvalue weighted by Crippen LogP contribution is 2.21. The van der Waals surface area contributed by atoms with Crippen LogP contribution in [0.5, 0.6) is 0 Å². The van der Waals surface area contributed by atoms with E-state index in [-0.39, 0.29) is 17.8 Å². The number of carbonyl (C=O) groups excluding carboxylic acids is 1. The first-order valence-corrected chi connectivity index (χ1v) is 5.96. The van der Waals surface area contributed by atoms with Gasteiger partial charge in [0.15, 0.2) is 0 Å². The number of nitrogens with zero attached hydrogens (tertiary/aromatic N) is 1. The van der Waals surface area contributed by atoms with E-state index in [0.29, 0.717) is 6.42 Å². The van der Waals surface area contributed by atoms with E-state index in [1.54, 1.807) is 19.9 Å². The van der Waals surface area contributed by atoms with Crippen LogP contribution < -0.4 is 5.73 Å². The summed E-state index contributed by atoms with van der Waals surface area (Å²) in [6, 6.07) is 4.75. The molecular formula is C13H17F3N2O. The largest absolute Gasteiger partial charge is 0.406 e. The molecule has 3 nitrogen and oxygen atoms in total. The minimum atomic E-state index is -4.41. The summed E-state index contributed by atoms with van der Waals surface area (Å²) in [6.07, 6.45) is -3.96. The lowest BCUT2D eigenvalue weighted by molar-refractivity contribution is -0.140. The van der Waals surface area contributed by atoms with Crippen molar-refractivity contribution in [1.29, 1.82) is 0 Å². The van der Waals surface area contributed by atoms with Crippen LogP contribution in [-0.2, 0) is 0 Å². The summed E-state index contributed by atoms with van der Waals surface area (Å²) in [5.74, 6) is -0.680. The van der Waals surface area contributed by atoms with Gasteiger partial charge in [-0.05, 0) is 25.5 Å². The van der Waals surface area contributed by atoms with Crippen molar-refractivity contribution in [3.63, 3.8) is 0 Å². The van der Waals surface area contributed by atoms with Crippen molar-refractivity contribution in [3.05, 3.63) is 29.3 Å². The minimum Gasteiger partial charge on any atom is -0.398 e. The van der Waals surface area contributed by atoms with Crippen LogP contribution in [0.15, 0.2) is 18.2 Å². The molecule has 1 aromatic rings. The van der Waals surface area contributed by atoms with E-state index in [1.165, 1.54) is 12.1 Å². The van der Waals surface area contributed by atoms with E-state index in [1.807, 2.05) is 0 Å². The maximum atomic E-state index is 12.5. The first-order valence-electron chi connectivity index (χ1n) is 5.96. The number of aryl methyl sites for hydroxylation is 1. The standard InChI is InChI=1S/C13H17F3N2O/c1-3-6-18(8-13(14,15)16)12(19)10-7-9(2)4-5-11(10)17/h4-5,7H,3,6,8,17H2,1-2H3. The Labute approximate surface area is 110 Å². The van der Waals surface area contributed by atoms with E-state index in [2.05, 4.69) is 0 Å². The summed E-state index contributed by atoms with van der Waals surface area (Å²) < 4.78 is 37.4. The van der Waals surface area contributed by atoms with E-state index in [9.17, 15) is 18.0 Å². The second kappa shape index (κ2) is 5.95. The average molecular weight is 274 g/mol. The molecule has 0 atom stereocenters. The van der Waals surface area contributed by atoms with Crippen molar-refractivity contribution in [3.8, 4) is 0 Å². The monoisotopic (exact) mass is 274 g/mol. The Balaban J connectivity index is 3.02. The van der Waals surface area contributed by atoms with Gasteiger partial charge in [0, 0.05) is 12.2 Å². The quantitative estimate of drug-likeness (QED) is 0.858. The second-order valence-corrected chi connectivity index (χ2v) is 4.43. The summed E-state index contributed by atoms with van der Waals surface area (Å²) in [4.78, 5) is 12.9. The zero-order valence-corrected chi connectivity index (χ0v) is 10.9. The van der Waals surface area contributed by atoms with Crippen LogP contribution in [0, 0.1) is 6.92 Å². The lowest BCUT2D eigenvalue weighted by Gasteiger charge is -2.24. The Morgan fingerprint density at radius 1 is 1.37 bits per heavy atom. The number of alkyl halides is 3. The van der Waals surface area contributed by atoms with Gasteiger partial charge >= 0.3 is 6.18 Å². The molecule has 19 heavy (non-hydrogen) atoms. The van der Waals surface area contributed by atoms with E-state index < -0.39 is 18.6 Å². The molecule has 1 amide bonds. The van der Waals surface area contributed by atoms with Gasteiger partial charge < -0.3 is 10.6 Å². The van der Waals surface area contributed by atoms with Gasteiger partial charge in [0.25, 0.3) is 5.91 Å². The number of anilines is 1. The van der Waals surface area contributed by atoms with Gasteiger partial charge in [0.05, 0.1) is 5.56 Å². The third-order valence-corrected chi connectivity index (χ3v) is 2.59. The molecule has 1 rings (SSSR count). The molecule has 0 saturated heterocycles. The normalized spacial score (nSPS) is 11.4. The van der Waals surface area contributed by atoms with Crippen LogP contribution in [0.25, 0.3) is 0 Å². The Morgan fingerprint density at radius 3 is 2.53 bits per heavy atom. The number of nitrogen functional groups attached to an aromatic ring is 1. The third kappa shape index (κ3) is 4.46. The number of nitrogens with two attached hydrogens (primary N) is 1. The lowest BCUT2D eigenvalue weighted by Crippen LogP contribution is -2.39. The number of hydrogen-bond donors (Lipinski definition) is 1. The number of amides is 1. The number of benzene rings is 1. The number of carbonyl (C=O) groups is 1. The Hall–Kier alpha value is -1.72. The fourth-order valence-electron chi connectivity index (χ4n) is 1.76. The Bertz CT molecular complexity index is 458. The van der Waals surface area contributed by atoms with Gasteiger partial charge in [0.2, 0.25) is 0 Å². The summed E-state index contributed by atoms with van der Waals surface area (Å²) in [5.41, 5.74) is 6.75. The van der Waals surface area contributed by atoms with Crippen molar-refractivity contribution in [2.45, 2.75) is 26.4 Å². The van der Waals surface area contributed by atoms with Crippen LogP contribution in [0.4, 0.5) is 18.9 Å². The molecule has 0 radical (unpaired) electrons. The van der Waals surface area contributed by atoms with Crippen LogP contribution in [-0.4, -0.2) is 30.1 Å². The molecule has 0 aliphatic rings. The molecule has 106 valence electrons. The van der Waals surface area contributed by atoms with Crippen molar-refractivity contribution < 1.29 is 18.0 Å². The molecule has 0 saturated carbocycles. The molecule has 0 aliphatic carbocycles. The second-order valence-electron chi connectivity index (χ2n) is 4.43. The fraction of sp³-hybridized carbons (Fsp3) is 0.462. The zero-order chi connectivity index (χ0) is 14.6. The zero-order valence-electron chi connectivity index (χ0n) is 10.9. The SMILES string of the molecule is CCCN(CC(F)(F)F)C(=O)c1cc(C)ccc1N. The molecule has 0 unspecified atom stereocenters. The smallest absolute Gasteiger partial charge is 0.398 e. The summed E-state index contributed by atoms with van der Waals surface area (Å²) in [6.45, 7) is 2.26. The lowest BCUT2D eigenvalue weighted by atomic mass is 10.1. The highest BCUT2D eigenvalue weighted by molar-refractivity contribution is 5.99. The van der Waals surface area contributed by atoms with Gasteiger partial charge in [0.1, 0.15) is 6.54 Å². The van der Waals surface area contributed by atoms with E-state index in [0.717, 1.165) is 10.5 Å². The summed E-state index contributed by atoms with van der Waals surface area (Å²) >= 11 is 0. The van der Waals surface area contributed by atoms with Crippen molar-refractivity contribution in [1.82, 2.24) is 4.90 Å². The minimum absolute atomic E-state index is 0.0473. The average Bonchev–Trinajstić information content (AvgIpc) is 2.29. The van der Waals surface area contributed by atoms with Gasteiger partial charge in [-0.1, -0.05) is 18.6 Å². The fourth-order valence-corrected chi connectivity index (χ4v) is 1.76. The topological polar surface area (TPSA) is 46.3 Å². The molecule has 1 aromatic carbocycles. The first-order chi connectivity index (χ1) is 8.74. The van der Waals surface area contributed by atoms with Gasteiger partial charge in [-0.25, -0.2) is 0 Å². The molecular weight excluding hydrogens is 257 g/mol. The van der Waals surface area contributed by atoms with Crippen LogP contribution in [0.1, 0.15) is 29.3 Å². The predicted octanol–water partition coefficient (Wildman–Crippen LogP) is 2.99. The highest BCUT2D eigenvalue weighted by atomic mass is 19.4. The van der Waals surface area contributed by atoms with Crippen molar-refractivity contribution in [2.24, 2.45) is 0 Å². The Kier molecular flexibility index (Phi) is 4.80. The van der Waals surface area contributed by atoms with Gasteiger partial charge in [-0.15, -0.1) is 0 Å². The molecule has 0 fully saturated rings. The summed E-state index contributed by atoms with van der Waals surface area (Å²) in [7, 11) is 0. The molecule has 0 aliphatic heterocycles. The van der Waals surface area contributed by atoms with Crippen LogP contribution >= 0.6 is 0 Å². The Morgan fingerprint density at radius 2 is 2.00 bits per heavy atom. The first kappa shape index (κ1) is 15.3. The maximum Gasteiger partial charge on any atom is 0.406 e. The summed E-state index contributed by atoms with van der Waals surface area (Å²) in [5, 5.41) is 0. The van der Waals surface area contributed by atoms with Crippen molar-refractivity contribution in [2.75, 3.05) is 18.8 Å². The van der Waals surface area contributed by atoms with Crippen molar-refractivity contribution >= 4 is 11.6 Å². The number of hydrogen-bond acceptors (Lipinski definition) is 2. The number of rotatable bonds is 4. The molecule has 6 heteroatoms. The maximum absolute atomic E-state index is 12.5. The number of halogens is 3.